The largest absolute Gasteiger partial charge is 0.371 e. The van der Waals surface area contributed by atoms with E-state index in [0.29, 0.717) is 12.1 Å². The number of rotatable bonds is 5. The van der Waals surface area contributed by atoms with Gasteiger partial charge in [0.1, 0.15) is 5.82 Å². The summed E-state index contributed by atoms with van der Waals surface area (Å²) in [5.41, 5.74) is 1.29. The number of halogens is 1. The highest BCUT2D eigenvalue weighted by Crippen LogP contribution is 2.25. The molecule has 1 heterocycles. The number of unbranched alkanes of at least 4 members (excludes halogenated alkanes) is 1. The van der Waals surface area contributed by atoms with Crippen molar-refractivity contribution in [2.75, 3.05) is 23.3 Å². The van der Waals surface area contributed by atoms with Crippen LogP contribution >= 0.6 is 0 Å². The molecule has 1 aliphatic rings. The lowest BCUT2D eigenvalue weighted by atomic mass is 10.2. The first-order valence-electron chi connectivity index (χ1n) is 7.05. The molecule has 19 heavy (non-hydrogen) atoms. The van der Waals surface area contributed by atoms with E-state index < -0.39 is 0 Å². The number of benzene rings is 1. The van der Waals surface area contributed by atoms with Gasteiger partial charge in [-0.25, -0.2) is 4.39 Å². The summed E-state index contributed by atoms with van der Waals surface area (Å²) in [6, 6.07) is 4.95. The quantitative estimate of drug-likeness (QED) is 0.882. The van der Waals surface area contributed by atoms with E-state index in [4.69, 9.17) is 0 Å². The Balaban J connectivity index is 2.06. The second-order valence-electron chi connectivity index (χ2n) is 5.01. The molecule has 1 N–H and O–H groups in total. The maximum Gasteiger partial charge on any atom is 0.224 e. The van der Waals surface area contributed by atoms with Crippen molar-refractivity contribution in [1.29, 1.82) is 0 Å². The van der Waals surface area contributed by atoms with Gasteiger partial charge in [0.2, 0.25) is 5.91 Å². The Morgan fingerprint density at radius 1 is 1.37 bits per heavy atom. The number of hydrogen-bond donors (Lipinski definition) is 1. The number of carbonyl (C=O) groups is 1. The standard InChI is InChI=1S/C15H21FN2O/c1-2-3-6-15(19)17-14-11-12(7-8-13(14)16)18-9-4-5-10-18/h7-8,11H,2-6,9-10H2,1H3,(H,17,19). The van der Waals surface area contributed by atoms with Crippen molar-refractivity contribution < 1.29 is 9.18 Å². The van der Waals surface area contributed by atoms with Crippen molar-refractivity contribution in [3.8, 4) is 0 Å². The molecule has 0 unspecified atom stereocenters. The highest BCUT2D eigenvalue weighted by atomic mass is 19.1. The molecular formula is C15H21FN2O. The normalized spacial score (nSPS) is 14.7. The molecule has 0 aliphatic carbocycles. The third kappa shape index (κ3) is 3.69. The van der Waals surface area contributed by atoms with E-state index in [2.05, 4.69) is 10.2 Å². The van der Waals surface area contributed by atoms with Crippen LogP contribution in [0.1, 0.15) is 39.0 Å². The third-order valence-corrected chi connectivity index (χ3v) is 3.45. The van der Waals surface area contributed by atoms with Gasteiger partial charge in [0.15, 0.2) is 0 Å². The van der Waals surface area contributed by atoms with Crippen LogP contribution in [0, 0.1) is 5.82 Å². The molecule has 1 fully saturated rings. The third-order valence-electron chi connectivity index (χ3n) is 3.45. The van der Waals surface area contributed by atoms with Crippen LogP contribution in [0.5, 0.6) is 0 Å². The Kier molecular flexibility index (Phi) is 4.77. The van der Waals surface area contributed by atoms with Gasteiger partial charge in [-0.15, -0.1) is 0 Å². The van der Waals surface area contributed by atoms with Crippen LogP contribution in [0.15, 0.2) is 18.2 Å². The zero-order valence-corrected chi connectivity index (χ0v) is 11.4. The van der Waals surface area contributed by atoms with Crippen LogP contribution in [-0.2, 0) is 4.79 Å². The van der Waals surface area contributed by atoms with Crippen molar-refractivity contribution in [2.45, 2.75) is 39.0 Å². The maximum absolute atomic E-state index is 13.7. The maximum atomic E-state index is 13.7. The number of hydrogen-bond acceptors (Lipinski definition) is 2. The molecule has 4 heteroatoms. The molecule has 0 spiro atoms. The molecule has 0 aromatic heterocycles. The molecule has 0 atom stereocenters. The van der Waals surface area contributed by atoms with Crippen molar-refractivity contribution in [1.82, 2.24) is 0 Å². The van der Waals surface area contributed by atoms with Crippen LogP contribution in [0.3, 0.4) is 0 Å². The van der Waals surface area contributed by atoms with E-state index in [1.54, 1.807) is 12.1 Å². The first-order chi connectivity index (χ1) is 9.20. The van der Waals surface area contributed by atoms with Crippen LogP contribution < -0.4 is 10.2 Å². The lowest BCUT2D eigenvalue weighted by Crippen LogP contribution is -2.18. The zero-order chi connectivity index (χ0) is 13.7. The van der Waals surface area contributed by atoms with E-state index in [1.165, 1.54) is 18.9 Å². The highest BCUT2D eigenvalue weighted by molar-refractivity contribution is 5.91. The highest BCUT2D eigenvalue weighted by Gasteiger charge is 2.14. The van der Waals surface area contributed by atoms with Crippen LogP contribution in [-0.4, -0.2) is 19.0 Å². The van der Waals surface area contributed by atoms with Gasteiger partial charge < -0.3 is 10.2 Å². The molecule has 3 nitrogen and oxygen atoms in total. The first-order valence-corrected chi connectivity index (χ1v) is 7.05. The summed E-state index contributed by atoms with van der Waals surface area (Å²) >= 11 is 0. The van der Waals surface area contributed by atoms with Crippen molar-refractivity contribution >= 4 is 17.3 Å². The van der Waals surface area contributed by atoms with Gasteiger partial charge in [-0.1, -0.05) is 13.3 Å². The summed E-state index contributed by atoms with van der Waals surface area (Å²) in [6.45, 7) is 4.05. The van der Waals surface area contributed by atoms with Crippen LogP contribution in [0.4, 0.5) is 15.8 Å². The van der Waals surface area contributed by atoms with Gasteiger partial charge in [0.25, 0.3) is 0 Å². The molecule has 1 aliphatic heterocycles. The van der Waals surface area contributed by atoms with Gasteiger partial charge >= 0.3 is 0 Å². The molecule has 1 aromatic rings. The Labute approximate surface area is 113 Å². The second-order valence-corrected chi connectivity index (χ2v) is 5.01. The Hall–Kier alpha value is -1.58. The van der Waals surface area contributed by atoms with E-state index in [0.717, 1.165) is 31.6 Å². The first kappa shape index (κ1) is 13.8. The summed E-state index contributed by atoms with van der Waals surface area (Å²) in [6.07, 6.45) is 4.60. The van der Waals surface area contributed by atoms with Gasteiger partial charge in [-0.05, 0) is 37.5 Å². The van der Waals surface area contributed by atoms with Crippen LogP contribution in [0.2, 0.25) is 0 Å². The molecule has 1 aromatic carbocycles. The molecule has 1 amide bonds. The van der Waals surface area contributed by atoms with Gasteiger partial charge in [0, 0.05) is 25.2 Å². The molecule has 1 saturated heterocycles. The zero-order valence-electron chi connectivity index (χ0n) is 11.4. The summed E-state index contributed by atoms with van der Waals surface area (Å²) in [4.78, 5) is 13.9. The van der Waals surface area contributed by atoms with E-state index >= 15 is 0 Å². The Bertz CT molecular complexity index is 442. The number of anilines is 2. The summed E-state index contributed by atoms with van der Waals surface area (Å²) in [5.74, 6) is -0.480. The van der Waals surface area contributed by atoms with Gasteiger partial charge in [-0.3, -0.25) is 4.79 Å². The number of carbonyl (C=O) groups excluding carboxylic acids is 1. The number of nitrogens with zero attached hydrogens (tertiary/aromatic N) is 1. The minimum atomic E-state index is -0.368. The Morgan fingerprint density at radius 3 is 2.79 bits per heavy atom. The second kappa shape index (κ2) is 6.55. The van der Waals surface area contributed by atoms with Crippen molar-refractivity contribution in [2.24, 2.45) is 0 Å². The topological polar surface area (TPSA) is 32.3 Å². The van der Waals surface area contributed by atoms with Gasteiger partial charge in [-0.2, -0.15) is 0 Å². The molecule has 0 radical (unpaired) electrons. The van der Waals surface area contributed by atoms with Crippen molar-refractivity contribution in [3.05, 3.63) is 24.0 Å². The van der Waals surface area contributed by atoms with Gasteiger partial charge in [0.05, 0.1) is 5.69 Å². The van der Waals surface area contributed by atoms with E-state index in [9.17, 15) is 9.18 Å². The lowest BCUT2D eigenvalue weighted by molar-refractivity contribution is -0.116. The van der Waals surface area contributed by atoms with E-state index in [1.807, 2.05) is 6.92 Å². The fourth-order valence-corrected chi connectivity index (χ4v) is 2.33. The molecular weight excluding hydrogens is 243 g/mol. The molecule has 0 saturated carbocycles. The minimum Gasteiger partial charge on any atom is -0.371 e. The molecule has 2 rings (SSSR count). The summed E-state index contributed by atoms with van der Waals surface area (Å²) in [5, 5.41) is 2.67. The molecule has 104 valence electrons. The number of nitrogens with one attached hydrogen (secondary N) is 1. The van der Waals surface area contributed by atoms with Crippen LogP contribution in [0.25, 0.3) is 0 Å². The average molecular weight is 264 g/mol. The minimum absolute atomic E-state index is 0.112. The average Bonchev–Trinajstić information content (AvgIpc) is 2.93. The molecule has 0 bridgehead atoms. The summed E-state index contributed by atoms with van der Waals surface area (Å²) < 4.78 is 13.7. The fraction of sp³-hybridized carbons (Fsp3) is 0.533. The Morgan fingerprint density at radius 2 is 2.11 bits per heavy atom. The monoisotopic (exact) mass is 264 g/mol. The smallest absolute Gasteiger partial charge is 0.224 e. The summed E-state index contributed by atoms with van der Waals surface area (Å²) in [7, 11) is 0. The van der Waals surface area contributed by atoms with E-state index in [-0.39, 0.29) is 11.7 Å². The predicted molar refractivity (Wildman–Crippen MR) is 76.0 cm³/mol. The fourth-order valence-electron chi connectivity index (χ4n) is 2.33. The SMILES string of the molecule is CCCCC(=O)Nc1cc(N2CCCC2)ccc1F. The predicted octanol–water partition coefficient (Wildman–Crippen LogP) is 3.55. The van der Waals surface area contributed by atoms with Crippen molar-refractivity contribution in [3.63, 3.8) is 0 Å². The number of amides is 1. The lowest BCUT2D eigenvalue weighted by Gasteiger charge is -2.18.